The fourth-order valence-electron chi connectivity index (χ4n) is 1.20. The molecule has 0 unspecified atom stereocenters. The second-order valence-electron chi connectivity index (χ2n) is 3.32. The van der Waals surface area contributed by atoms with E-state index >= 15 is 0 Å². The molecule has 0 fully saturated rings. The van der Waals surface area contributed by atoms with E-state index in [2.05, 4.69) is 17.5 Å². The average molecular weight is 256 g/mol. The topological polar surface area (TPSA) is 64.3 Å². The Bertz CT molecular complexity index is 437. The van der Waals surface area contributed by atoms with Gasteiger partial charge in [0.25, 0.3) is 5.91 Å². The summed E-state index contributed by atoms with van der Waals surface area (Å²) in [4.78, 5) is 11.9. The lowest BCUT2D eigenvalue weighted by Crippen LogP contribution is -2.28. The van der Waals surface area contributed by atoms with E-state index in [-0.39, 0.29) is 5.56 Å². The van der Waals surface area contributed by atoms with Gasteiger partial charge in [-0.25, -0.2) is 4.39 Å². The summed E-state index contributed by atoms with van der Waals surface area (Å²) < 4.78 is 18.3. The zero-order valence-electron chi connectivity index (χ0n) is 9.33. The number of halogens is 1. The van der Waals surface area contributed by atoms with Crippen LogP contribution in [-0.4, -0.2) is 24.6 Å². The predicted molar refractivity (Wildman–Crippen MR) is 66.7 cm³/mol. The van der Waals surface area contributed by atoms with Gasteiger partial charge in [0, 0.05) is 19.0 Å². The summed E-state index contributed by atoms with van der Waals surface area (Å²) >= 11 is 4.66. The first-order valence-corrected chi connectivity index (χ1v) is 5.35. The molecule has 0 saturated carbocycles. The smallest absolute Gasteiger partial charge is 0.254 e. The van der Waals surface area contributed by atoms with Crippen molar-refractivity contribution in [2.75, 3.05) is 13.7 Å². The highest BCUT2D eigenvalue weighted by Crippen LogP contribution is 2.15. The first-order valence-electron chi connectivity index (χ1n) is 4.94. The Balaban J connectivity index is 2.66. The van der Waals surface area contributed by atoms with Crippen molar-refractivity contribution in [3.63, 3.8) is 0 Å². The number of carbonyl (C=O) groups excluding carboxylic acids is 1. The van der Waals surface area contributed by atoms with Crippen LogP contribution < -0.4 is 15.8 Å². The summed E-state index contributed by atoms with van der Waals surface area (Å²) in [6.07, 6.45) is 0.388. The molecule has 0 aromatic heterocycles. The largest absolute Gasteiger partial charge is 0.497 e. The van der Waals surface area contributed by atoms with E-state index in [1.807, 2.05) is 0 Å². The van der Waals surface area contributed by atoms with Gasteiger partial charge >= 0.3 is 0 Å². The molecule has 1 aromatic carbocycles. The zero-order valence-corrected chi connectivity index (χ0v) is 10.1. The molecule has 17 heavy (non-hydrogen) atoms. The molecule has 6 heteroatoms. The van der Waals surface area contributed by atoms with Crippen molar-refractivity contribution in [2.45, 2.75) is 6.42 Å². The number of nitrogens with two attached hydrogens (primary N) is 1. The van der Waals surface area contributed by atoms with Gasteiger partial charge in [0.05, 0.1) is 17.7 Å². The number of hydrogen-bond acceptors (Lipinski definition) is 3. The third-order valence-corrected chi connectivity index (χ3v) is 2.28. The number of hydrogen-bond donors (Lipinski definition) is 2. The number of carbonyl (C=O) groups is 1. The minimum Gasteiger partial charge on any atom is -0.497 e. The molecule has 0 radical (unpaired) electrons. The van der Waals surface area contributed by atoms with E-state index in [0.717, 1.165) is 6.07 Å². The predicted octanol–water partition coefficient (Wildman–Crippen LogP) is 1.24. The van der Waals surface area contributed by atoms with Crippen molar-refractivity contribution in [2.24, 2.45) is 5.73 Å². The molecule has 1 rings (SSSR count). The second-order valence-corrected chi connectivity index (χ2v) is 3.84. The molecule has 1 amide bonds. The summed E-state index contributed by atoms with van der Waals surface area (Å²) in [6, 6.07) is 4.04. The standard InChI is InChI=1S/C11H13FN2O2S/c1-16-7-2-3-8(9(12)6-7)11(15)14-5-4-10(13)17/h2-3,6H,4-5H2,1H3,(H2,13,17)(H,14,15). The summed E-state index contributed by atoms with van der Waals surface area (Å²) in [6.45, 7) is 0.291. The van der Waals surface area contributed by atoms with E-state index in [1.165, 1.54) is 19.2 Å². The number of rotatable bonds is 5. The van der Waals surface area contributed by atoms with Gasteiger partial charge < -0.3 is 15.8 Å². The first-order chi connectivity index (χ1) is 8.04. The molecular weight excluding hydrogens is 243 g/mol. The molecule has 0 saturated heterocycles. The van der Waals surface area contributed by atoms with Crippen molar-refractivity contribution < 1.29 is 13.9 Å². The Morgan fingerprint density at radius 3 is 2.82 bits per heavy atom. The van der Waals surface area contributed by atoms with Gasteiger partial charge in [0.2, 0.25) is 0 Å². The van der Waals surface area contributed by atoms with Crippen LogP contribution in [0.1, 0.15) is 16.8 Å². The molecule has 0 aliphatic rings. The molecule has 0 atom stereocenters. The van der Waals surface area contributed by atoms with Crippen molar-refractivity contribution in [1.82, 2.24) is 5.32 Å². The monoisotopic (exact) mass is 256 g/mol. The van der Waals surface area contributed by atoms with Crippen LogP contribution in [0.3, 0.4) is 0 Å². The molecule has 0 spiro atoms. The molecule has 4 nitrogen and oxygen atoms in total. The molecule has 92 valence electrons. The summed E-state index contributed by atoms with van der Waals surface area (Å²) in [5, 5.41) is 2.52. The van der Waals surface area contributed by atoms with Crippen LogP contribution in [0.2, 0.25) is 0 Å². The van der Waals surface area contributed by atoms with Crippen molar-refractivity contribution >= 4 is 23.1 Å². The van der Waals surface area contributed by atoms with Gasteiger partial charge in [-0.05, 0) is 12.1 Å². The van der Waals surface area contributed by atoms with Gasteiger partial charge in [-0.2, -0.15) is 0 Å². The third kappa shape index (κ3) is 3.99. The van der Waals surface area contributed by atoms with Gasteiger partial charge in [0.1, 0.15) is 11.6 Å². The molecule has 0 aliphatic carbocycles. The first kappa shape index (κ1) is 13.4. The fraction of sp³-hybridized carbons (Fsp3) is 0.273. The maximum Gasteiger partial charge on any atom is 0.254 e. The van der Waals surface area contributed by atoms with Crippen LogP contribution in [0.5, 0.6) is 5.75 Å². The summed E-state index contributed by atoms with van der Waals surface area (Å²) in [7, 11) is 1.43. The number of amides is 1. The van der Waals surface area contributed by atoms with Gasteiger partial charge in [0.15, 0.2) is 0 Å². The van der Waals surface area contributed by atoms with E-state index in [9.17, 15) is 9.18 Å². The maximum absolute atomic E-state index is 13.5. The van der Waals surface area contributed by atoms with Crippen LogP contribution in [0.4, 0.5) is 4.39 Å². The lowest BCUT2D eigenvalue weighted by atomic mass is 10.2. The molecule has 0 bridgehead atoms. The Morgan fingerprint density at radius 1 is 1.59 bits per heavy atom. The van der Waals surface area contributed by atoms with E-state index in [1.54, 1.807) is 0 Å². The van der Waals surface area contributed by atoms with Crippen LogP contribution in [0, 0.1) is 5.82 Å². The Hall–Kier alpha value is -1.69. The normalized spacial score (nSPS) is 9.76. The maximum atomic E-state index is 13.5. The lowest BCUT2D eigenvalue weighted by Gasteiger charge is -2.06. The van der Waals surface area contributed by atoms with Gasteiger partial charge in [-0.15, -0.1) is 0 Å². The van der Waals surface area contributed by atoms with Crippen LogP contribution in [-0.2, 0) is 0 Å². The highest BCUT2D eigenvalue weighted by Gasteiger charge is 2.11. The van der Waals surface area contributed by atoms with Crippen molar-refractivity contribution in [3.05, 3.63) is 29.6 Å². The van der Waals surface area contributed by atoms with E-state index < -0.39 is 11.7 Å². The quantitative estimate of drug-likeness (QED) is 0.778. The molecule has 0 heterocycles. The lowest BCUT2D eigenvalue weighted by molar-refractivity contribution is 0.0951. The highest BCUT2D eigenvalue weighted by atomic mass is 32.1. The SMILES string of the molecule is COc1ccc(C(=O)NCCC(N)=S)c(F)c1. The van der Waals surface area contributed by atoms with Crippen LogP contribution in [0.15, 0.2) is 18.2 Å². The van der Waals surface area contributed by atoms with Crippen molar-refractivity contribution in [3.8, 4) is 5.75 Å². The Labute approximate surface area is 104 Å². The number of benzene rings is 1. The average Bonchev–Trinajstić information content (AvgIpc) is 2.28. The number of methoxy groups -OCH3 is 1. The fourth-order valence-corrected chi connectivity index (χ4v) is 1.30. The highest BCUT2D eigenvalue weighted by molar-refractivity contribution is 7.80. The molecule has 0 aliphatic heterocycles. The molecule has 3 N–H and O–H groups in total. The number of thiocarbonyl (C=S) groups is 1. The van der Waals surface area contributed by atoms with Crippen LogP contribution >= 0.6 is 12.2 Å². The summed E-state index contributed by atoms with van der Waals surface area (Å²) in [5.74, 6) is -0.763. The Morgan fingerprint density at radius 2 is 2.29 bits per heavy atom. The second kappa shape index (κ2) is 6.15. The minimum atomic E-state index is -0.628. The van der Waals surface area contributed by atoms with Gasteiger partial charge in [-0.3, -0.25) is 4.79 Å². The minimum absolute atomic E-state index is 0.0336. The van der Waals surface area contributed by atoms with Gasteiger partial charge in [-0.1, -0.05) is 12.2 Å². The number of nitrogens with one attached hydrogen (secondary N) is 1. The van der Waals surface area contributed by atoms with Crippen molar-refractivity contribution in [1.29, 1.82) is 0 Å². The Kier molecular flexibility index (Phi) is 4.84. The molecular formula is C11H13FN2O2S. The zero-order chi connectivity index (χ0) is 12.8. The molecule has 1 aromatic rings. The van der Waals surface area contributed by atoms with E-state index in [4.69, 9.17) is 10.5 Å². The summed E-state index contributed by atoms with van der Waals surface area (Å²) in [5.41, 5.74) is 5.24. The van der Waals surface area contributed by atoms with E-state index in [0.29, 0.717) is 23.7 Å². The number of ether oxygens (including phenoxy) is 1. The third-order valence-electron chi connectivity index (χ3n) is 2.08. The van der Waals surface area contributed by atoms with Crippen LogP contribution in [0.25, 0.3) is 0 Å².